The summed E-state index contributed by atoms with van der Waals surface area (Å²) in [6, 6.07) is 4.38. The molecule has 0 amide bonds. The molecule has 1 rings (SSSR count). The molecule has 0 saturated carbocycles. The quantitative estimate of drug-likeness (QED) is 0.857. The highest BCUT2D eigenvalue weighted by atomic mass is 19.2. The van der Waals surface area contributed by atoms with E-state index in [2.05, 4.69) is 19.2 Å². The first kappa shape index (κ1) is 14.4. The summed E-state index contributed by atoms with van der Waals surface area (Å²) >= 11 is 0. The molecule has 1 unspecified atom stereocenters. The van der Waals surface area contributed by atoms with E-state index in [-0.39, 0.29) is 17.3 Å². The molecule has 1 aromatic carbocycles. The van der Waals surface area contributed by atoms with E-state index in [0.717, 1.165) is 12.8 Å². The highest BCUT2D eigenvalue weighted by molar-refractivity contribution is 5.50. The van der Waals surface area contributed by atoms with Crippen molar-refractivity contribution in [3.8, 4) is 6.07 Å². The second kappa shape index (κ2) is 6.34. The minimum absolute atomic E-state index is 0.0573. The Balaban J connectivity index is 2.93. The largest absolute Gasteiger partial charge is 0.380 e. The number of rotatable bonds is 5. The fourth-order valence-electron chi connectivity index (χ4n) is 2.11. The van der Waals surface area contributed by atoms with Gasteiger partial charge in [-0.1, -0.05) is 26.7 Å². The predicted molar refractivity (Wildman–Crippen MR) is 68.2 cm³/mol. The summed E-state index contributed by atoms with van der Waals surface area (Å²) in [5.74, 6) is -1.66. The highest BCUT2D eigenvalue weighted by Crippen LogP contribution is 2.23. The second-order valence-corrected chi connectivity index (χ2v) is 4.41. The van der Waals surface area contributed by atoms with Crippen LogP contribution < -0.4 is 5.32 Å². The Labute approximate surface area is 107 Å². The summed E-state index contributed by atoms with van der Waals surface area (Å²) in [5.41, 5.74) is -0.154. The van der Waals surface area contributed by atoms with Crippen LogP contribution in [0, 0.1) is 28.9 Å². The molecule has 0 aromatic heterocycles. The summed E-state index contributed by atoms with van der Waals surface area (Å²) in [4.78, 5) is 0. The molecule has 1 aromatic rings. The third kappa shape index (κ3) is 2.98. The zero-order chi connectivity index (χ0) is 13.7. The van der Waals surface area contributed by atoms with Crippen LogP contribution in [0.1, 0.15) is 39.2 Å². The van der Waals surface area contributed by atoms with Crippen LogP contribution in [-0.2, 0) is 0 Å². The maximum Gasteiger partial charge on any atom is 0.183 e. The van der Waals surface area contributed by atoms with Gasteiger partial charge in [0, 0.05) is 6.04 Å². The number of benzene rings is 1. The first-order valence-corrected chi connectivity index (χ1v) is 6.19. The number of nitrogens with zero attached hydrogens (tertiary/aromatic N) is 1. The average molecular weight is 252 g/mol. The molecule has 18 heavy (non-hydrogen) atoms. The predicted octanol–water partition coefficient (Wildman–Crippen LogP) is 4.07. The van der Waals surface area contributed by atoms with Gasteiger partial charge in [-0.3, -0.25) is 0 Å². The number of halogens is 2. The SMILES string of the molecule is CCC(CC)C(C)Nc1ccc(C#N)c(F)c1F. The lowest BCUT2D eigenvalue weighted by Crippen LogP contribution is -2.25. The normalized spacial score (nSPS) is 12.3. The summed E-state index contributed by atoms with van der Waals surface area (Å²) in [6.07, 6.45) is 1.95. The van der Waals surface area contributed by atoms with Crippen LogP contribution in [0.4, 0.5) is 14.5 Å². The molecule has 0 bridgehead atoms. The Kier molecular flexibility index (Phi) is 5.08. The van der Waals surface area contributed by atoms with E-state index < -0.39 is 11.6 Å². The number of anilines is 1. The van der Waals surface area contributed by atoms with Gasteiger partial charge < -0.3 is 5.32 Å². The van der Waals surface area contributed by atoms with Gasteiger partial charge in [0.1, 0.15) is 6.07 Å². The maximum atomic E-state index is 13.7. The fourth-order valence-corrected chi connectivity index (χ4v) is 2.11. The first-order chi connectivity index (χ1) is 8.54. The summed E-state index contributed by atoms with van der Waals surface area (Å²) in [5, 5.41) is 11.6. The van der Waals surface area contributed by atoms with Crippen molar-refractivity contribution in [2.75, 3.05) is 5.32 Å². The van der Waals surface area contributed by atoms with Crippen molar-refractivity contribution < 1.29 is 8.78 Å². The highest BCUT2D eigenvalue weighted by Gasteiger charge is 2.18. The van der Waals surface area contributed by atoms with Crippen molar-refractivity contribution in [3.63, 3.8) is 0 Å². The van der Waals surface area contributed by atoms with Gasteiger partial charge in [0.25, 0.3) is 0 Å². The van der Waals surface area contributed by atoms with Crippen molar-refractivity contribution in [1.82, 2.24) is 0 Å². The lowest BCUT2D eigenvalue weighted by atomic mass is 9.95. The Morgan fingerprint density at radius 1 is 1.22 bits per heavy atom. The molecular formula is C14H18F2N2. The van der Waals surface area contributed by atoms with Crippen LogP contribution in [0.15, 0.2) is 12.1 Å². The van der Waals surface area contributed by atoms with Gasteiger partial charge in [-0.25, -0.2) is 8.78 Å². The molecule has 4 heteroatoms. The molecule has 98 valence electrons. The number of nitrogens with one attached hydrogen (secondary N) is 1. The Morgan fingerprint density at radius 2 is 1.83 bits per heavy atom. The van der Waals surface area contributed by atoms with Crippen molar-refractivity contribution in [1.29, 1.82) is 5.26 Å². The van der Waals surface area contributed by atoms with Gasteiger partial charge in [0.2, 0.25) is 0 Å². The van der Waals surface area contributed by atoms with Gasteiger partial charge >= 0.3 is 0 Å². The smallest absolute Gasteiger partial charge is 0.183 e. The van der Waals surface area contributed by atoms with Crippen molar-refractivity contribution in [3.05, 3.63) is 29.3 Å². The van der Waals surface area contributed by atoms with Crippen LogP contribution in [0.3, 0.4) is 0 Å². The van der Waals surface area contributed by atoms with Crippen molar-refractivity contribution in [2.24, 2.45) is 5.92 Å². The third-order valence-corrected chi connectivity index (χ3v) is 3.34. The topological polar surface area (TPSA) is 35.8 Å². The zero-order valence-corrected chi connectivity index (χ0v) is 10.9. The van der Waals surface area contributed by atoms with Crippen molar-refractivity contribution >= 4 is 5.69 Å². The number of nitriles is 1. The molecule has 0 aliphatic rings. The van der Waals surface area contributed by atoms with Crippen molar-refractivity contribution in [2.45, 2.75) is 39.7 Å². The second-order valence-electron chi connectivity index (χ2n) is 4.41. The van der Waals surface area contributed by atoms with Gasteiger partial charge in [-0.15, -0.1) is 0 Å². The zero-order valence-electron chi connectivity index (χ0n) is 10.9. The van der Waals surface area contributed by atoms with Crippen LogP contribution in [0.25, 0.3) is 0 Å². The molecule has 0 fully saturated rings. The molecule has 0 heterocycles. The molecule has 1 atom stereocenters. The molecule has 1 N–H and O–H groups in total. The van der Waals surface area contributed by atoms with Crippen LogP contribution in [0.5, 0.6) is 0 Å². The molecule has 2 nitrogen and oxygen atoms in total. The van der Waals surface area contributed by atoms with E-state index in [1.807, 2.05) is 6.92 Å². The Hall–Kier alpha value is -1.63. The van der Waals surface area contributed by atoms with E-state index in [9.17, 15) is 8.78 Å². The van der Waals surface area contributed by atoms with E-state index in [0.29, 0.717) is 5.92 Å². The van der Waals surface area contributed by atoms with E-state index in [4.69, 9.17) is 5.26 Å². The lowest BCUT2D eigenvalue weighted by molar-refractivity contribution is 0.434. The standard InChI is InChI=1S/C14H18F2N2/c1-4-10(5-2)9(3)18-12-7-6-11(8-17)13(15)14(12)16/h6-7,9-10,18H,4-5H2,1-3H3. The molecular weight excluding hydrogens is 234 g/mol. The first-order valence-electron chi connectivity index (χ1n) is 6.19. The Bertz CT molecular complexity index is 448. The van der Waals surface area contributed by atoms with Gasteiger partial charge in [0.05, 0.1) is 11.3 Å². The summed E-state index contributed by atoms with van der Waals surface area (Å²) in [7, 11) is 0. The molecule has 0 aliphatic heterocycles. The average Bonchev–Trinajstić information content (AvgIpc) is 2.37. The van der Waals surface area contributed by atoms with Gasteiger partial charge in [-0.05, 0) is 25.0 Å². The van der Waals surface area contributed by atoms with E-state index >= 15 is 0 Å². The third-order valence-electron chi connectivity index (χ3n) is 3.34. The fraction of sp³-hybridized carbons (Fsp3) is 0.500. The Morgan fingerprint density at radius 3 is 2.33 bits per heavy atom. The van der Waals surface area contributed by atoms with Gasteiger partial charge in [-0.2, -0.15) is 5.26 Å². The summed E-state index contributed by atoms with van der Waals surface area (Å²) < 4.78 is 27.1. The molecule has 0 saturated heterocycles. The summed E-state index contributed by atoms with van der Waals surface area (Å²) in [6.45, 7) is 6.09. The van der Waals surface area contributed by atoms with E-state index in [1.165, 1.54) is 12.1 Å². The minimum Gasteiger partial charge on any atom is -0.380 e. The molecule has 0 radical (unpaired) electrons. The number of hydrogen-bond donors (Lipinski definition) is 1. The monoisotopic (exact) mass is 252 g/mol. The minimum atomic E-state index is -1.08. The van der Waals surface area contributed by atoms with Crippen LogP contribution >= 0.6 is 0 Å². The lowest BCUT2D eigenvalue weighted by Gasteiger charge is -2.23. The maximum absolute atomic E-state index is 13.7. The molecule has 0 spiro atoms. The molecule has 0 aliphatic carbocycles. The van der Waals surface area contributed by atoms with Gasteiger partial charge in [0.15, 0.2) is 11.6 Å². The number of hydrogen-bond acceptors (Lipinski definition) is 2. The van der Waals surface area contributed by atoms with Crippen LogP contribution in [-0.4, -0.2) is 6.04 Å². The van der Waals surface area contributed by atoms with E-state index in [1.54, 1.807) is 6.07 Å². The van der Waals surface area contributed by atoms with Crippen LogP contribution in [0.2, 0.25) is 0 Å².